The SMILES string of the molecule is NC(=O)C1CCN(C(=O)CN2CCNC(=O)[C@@H]2CC(=O)Nc2ccccc2Cl)CC1. The number of anilines is 1. The molecule has 0 aliphatic carbocycles. The maximum atomic E-state index is 12.7. The molecule has 10 heteroatoms. The first-order chi connectivity index (χ1) is 14.3. The fraction of sp³-hybridized carbons (Fsp3) is 0.500. The van der Waals surface area contributed by atoms with Gasteiger partial charge in [-0.25, -0.2) is 0 Å². The van der Waals surface area contributed by atoms with E-state index < -0.39 is 6.04 Å². The number of para-hydroxylation sites is 1. The van der Waals surface area contributed by atoms with Gasteiger partial charge in [0.25, 0.3) is 0 Å². The monoisotopic (exact) mass is 435 g/mol. The van der Waals surface area contributed by atoms with Gasteiger partial charge in [-0.05, 0) is 25.0 Å². The van der Waals surface area contributed by atoms with Crippen LogP contribution >= 0.6 is 11.6 Å². The molecule has 162 valence electrons. The molecular formula is C20H26ClN5O4. The molecule has 0 aromatic heterocycles. The topological polar surface area (TPSA) is 125 Å². The summed E-state index contributed by atoms with van der Waals surface area (Å²) in [6.45, 7) is 1.85. The summed E-state index contributed by atoms with van der Waals surface area (Å²) in [6.07, 6.45) is 1.00. The minimum Gasteiger partial charge on any atom is -0.369 e. The highest BCUT2D eigenvalue weighted by atomic mass is 35.5. The minimum absolute atomic E-state index is 0.0404. The van der Waals surface area contributed by atoms with Crippen LogP contribution in [0.2, 0.25) is 5.02 Å². The molecule has 0 bridgehead atoms. The molecule has 4 amide bonds. The van der Waals surface area contributed by atoms with Gasteiger partial charge in [0.2, 0.25) is 23.6 Å². The third-order valence-corrected chi connectivity index (χ3v) is 5.89. The van der Waals surface area contributed by atoms with Crippen molar-refractivity contribution in [2.24, 2.45) is 11.7 Å². The molecule has 9 nitrogen and oxygen atoms in total. The van der Waals surface area contributed by atoms with Gasteiger partial charge in [0.05, 0.1) is 29.7 Å². The van der Waals surface area contributed by atoms with Crippen molar-refractivity contribution in [3.63, 3.8) is 0 Å². The largest absolute Gasteiger partial charge is 0.369 e. The van der Waals surface area contributed by atoms with Gasteiger partial charge in [0, 0.05) is 32.1 Å². The molecule has 4 N–H and O–H groups in total. The number of primary amides is 1. The quantitative estimate of drug-likeness (QED) is 0.588. The molecule has 2 aliphatic heterocycles. The molecule has 2 heterocycles. The van der Waals surface area contributed by atoms with Gasteiger partial charge in [0.1, 0.15) is 0 Å². The standard InChI is InChI=1S/C20H26ClN5O4/c21-14-3-1-2-4-15(14)24-17(27)11-16-20(30)23-7-10-26(16)12-18(28)25-8-5-13(6-9-25)19(22)29/h1-4,13,16H,5-12H2,(H2,22,29)(H,23,30)(H,24,27)/t16-/m0/s1. The molecule has 0 saturated carbocycles. The van der Waals surface area contributed by atoms with E-state index in [0.717, 1.165) is 0 Å². The lowest BCUT2D eigenvalue weighted by atomic mass is 9.96. The minimum atomic E-state index is -0.742. The Balaban J connectivity index is 1.58. The molecule has 2 aliphatic rings. The smallest absolute Gasteiger partial charge is 0.237 e. The van der Waals surface area contributed by atoms with Crippen molar-refractivity contribution in [2.45, 2.75) is 25.3 Å². The summed E-state index contributed by atoms with van der Waals surface area (Å²) < 4.78 is 0. The number of halogens is 1. The number of nitrogens with zero attached hydrogens (tertiary/aromatic N) is 2. The van der Waals surface area contributed by atoms with E-state index in [-0.39, 0.29) is 42.5 Å². The van der Waals surface area contributed by atoms with Gasteiger partial charge >= 0.3 is 0 Å². The third-order valence-electron chi connectivity index (χ3n) is 5.56. The van der Waals surface area contributed by atoms with Gasteiger partial charge in [0.15, 0.2) is 0 Å². The summed E-state index contributed by atoms with van der Waals surface area (Å²) >= 11 is 6.07. The van der Waals surface area contributed by atoms with Crippen LogP contribution in [-0.4, -0.2) is 72.2 Å². The number of likely N-dealkylation sites (tertiary alicyclic amines) is 1. The fourth-order valence-electron chi connectivity index (χ4n) is 3.80. The lowest BCUT2D eigenvalue weighted by Crippen LogP contribution is -2.58. The third kappa shape index (κ3) is 5.48. The highest BCUT2D eigenvalue weighted by molar-refractivity contribution is 6.33. The van der Waals surface area contributed by atoms with Crippen LogP contribution in [-0.2, 0) is 19.2 Å². The zero-order chi connectivity index (χ0) is 21.7. The predicted octanol–water partition coefficient (Wildman–Crippen LogP) is 0.193. The number of hydrogen-bond donors (Lipinski definition) is 3. The Morgan fingerprint density at radius 2 is 1.87 bits per heavy atom. The van der Waals surface area contributed by atoms with E-state index in [1.165, 1.54) is 0 Å². The van der Waals surface area contributed by atoms with Crippen LogP contribution in [0, 0.1) is 5.92 Å². The van der Waals surface area contributed by atoms with E-state index in [1.54, 1.807) is 34.1 Å². The van der Waals surface area contributed by atoms with Crippen molar-refractivity contribution in [1.82, 2.24) is 15.1 Å². The lowest BCUT2D eigenvalue weighted by molar-refractivity contribution is -0.140. The molecule has 1 atom stereocenters. The first-order valence-electron chi connectivity index (χ1n) is 9.98. The number of piperidine rings is 1. The van der Waals surface area contributed by atoms with Gasteiger partial charge < -0.3 is 21.3 Å². The van der Waals surface area contributed by atoms with Crippen molar-refractivity contribution in [2.75, 3.05) is 38.0 Å². The number of hydrogen-bond acceptors (Lipinski definition) is 5. The molecule has 0 unspecified atom stereocenters. The Labute approximate surface area is 179 Å². The van der Waals surface area contributed by atoms with E-state index in [0.29, 0.717) is 49.7 Å². The molecule has 0 radical (unpaired) electrons. The van der Waals surface area contributed by atoms with Gasteiger partial charge in [-0.2, -0.15) is 0 Å². The van der Waals surface area contributed by atoms with E-state index in [1.807, 2.05) is 0 Å². The van der Waals surface area contributed by atoms with Crippen LogP contribution < -0.4 is 16.4 Å². The number of nitrogens with two attached hydrogens (primary N) is 1. The van der Waals surface area contributed by atoms with E-state index in [2.05, 4.69) is 10.6 Å². The lowest BCUT2D eigenvalue weighted by Gasteiger charge is -2.37. The maximum Gasteiger partial charge on any atom is 0.237 e. The first-order valence-corrected chi connectivity index (χ1v) is 10.4. The summed E-state index contributed by atoms with van der Waals surface area (Å²) in [4.78, 5) is 52.3. The predicted molar refractivity (Wildman–Crippen MR) is 112 cm³/mol. The molecule has 30 heavy (non-hydrogen) atoms. The van der Waals surface area contributed by atoms with Crippen molar-refractivity contribution in [3.8, 4) is 0 Å². The number of rotatable bonds is 6. The highest BCUT2D eigenvalue weighted by Gasteiger charge is 2.34. The Bertz CT molecular complexity index is 825. The Morgan fingerprint density at radius 3 is 2.53 bits per heavy atom. The zero-order valence-corrected chi connectivity index (χ0v) is 17.4. The van der Waals surface area contributed by atoms with Gasteiger partial charge in [-0.1, -0.05) is 23.7 Å². The summed E-state index contributed by atoms with van der Waals surface area (Å²) in [6, 6.07) is 6.11. The number of amides is 4. The number of carbonyl (C=O) groups excluding carboxylic acids is 4. The maximum absolute atomic E-state index is 12.7. The summed E-state index contributed by atoms with van der Waals surface area (Å²) in [7, 11) is 0. The van der Waals surface area contributed by atoms with Crippen LogP contribution in [0.1, 0.15) is 19.3 Å². The van der Waals surface area contributed by atoms with Crippen LogP contribution in [0.25, 0.3) is 0 Å². The summed E-state index contributed by atoms with van der Waals surface area (Å²) in [5, 5.41) is 5.87. The van der Waals surface area contributed by atoms with Crippen LogP contribution in [0.15, 0.2) is 24.3 Å². The Hall–Kier alpha value is -2.65. The average molecular weight is 436 g/mol. The van der Waals surface area contributed by atoms with Crippen molar-refractivity contribution < 1.29 is 19.2 Å². The van der Waals surface area contributed by atoms with E-state index >= 15 is 0 Å². The second-order valence-corrected chi connectivity index (χ2v) is 7.97. The van der Waals surface area contributed by atoms with Crippen LogP contribution in [0.4, 0.5) is 5.69 Å². The van der Waals surface area contributed by atoms with Crippen LogP contribution in [0.5, 0.6) is 0 Å². The fourth-order valence-corrected chi connectivity index (χ4v) is 3.98. The molecule has 3 rings (SSSR count). The molecule has 2 fully saturated rings. The molecule has 2 saturated heterocycles. The molecule has 1 aromatic rings. The zero-order valence-electron chi connectivity index (χ0n) is 16.6. The Morgan fingerprint density at radius 1 is 1.17 bits per heavy atom. The average Bonchev–Trinajstić information content (AvgIpc) is 2.72. The number of nitrogens with one attached hydrogen (secondary N) is 2. The molecular weight excluding hydrogens is 410 g/mol. The van der Waals surface area contributed by atoms with E-state index in [4.69, 9.17) is 17.3 Å². The Kier molecular flexibility index (Phi) is 7.28. The van der Waals surface area contributed by atoms with Crippen molar-refractivity contribution in [3.05, 3.63) is 29.3 Å². The number of piperazine rings is 1. The van der Waals surface area contributed by atoms with E-state index in [9.17, 15) is 19.2 Å². The second-order valence-electron chi connectivity index (χ2n) is 7.57. The van der Waals surface area contributed by atoms with Gasteiger partial charge in [-0.3, -0.25) is 24.1 Å². The second kappa shape index (κ2) is 9.90. The first kappa shape index (κ1) is 22.0. The van der Waals surface area contributed by atoms with Crippen LogP contribution in [0.3, 0.4) is 0 Å². The molecule has 0 spiro atoms. The number of carbonyl (C=O) groups is 4. The van der Waals surface area contributed by atoms with Crippen molar-refractivity contribution in [1.29, 1.82) is 0 Å². The number of benzene rings is 1. The summed E-state index contributed by atoms with van der Waals surface area (Å²) in [5.74, 6) is -1.29. The summed E-state index contributed by atoms with van der Waals surface area (Å²) in [5.41, 5.74) is 5.81. The van der Waals surface area contributed by atoms with Gasteiger partial charge in [-0.15, -0.1) is 0 Å². The highest BCUT2D eigenvalue weighted by Crippen LogP contribution is 2.21. The molecule has 1 aromatic carbocycles. The van der Waals surface area contributed by atoms with Crippen molar-refractivity contribution >= 4 is 40.9 Å². The normalized spacial score (nSPS) is 20.5.